The van der Waals surface area contributed by atoms with Gasteiger partial charge in [-0.25, -0.2) is 8.78 Å². The monoisotopic (exact) mass is 692 g/mol. The van der Waals surface area contributed by atoms with Gasteiger partial charge in [0.2, 0.25) is 0 Å². The van der Waals surface area contributed by atoms with Crippen LogP contribution in [0.15, 0.2) is 54.3 Å². The molecule has 2 aromatic carbocycles. The summed E-state index contributed by atoms with van der Waals surface area (Å²) in [6, 6.07) is 4.78. The summed E-state index contributed by atoms with van der Waals surface area (Å²) in [4.78, 5) is 17.2. The van der Waals surface area contributed by atoms with Crippen molar-refractivity contribution >= 4 is 27.5 Å². The number of hydrogen-bond donors (Lipinski definition) is 2. The minimum atomic E-state index is -1.83. The first-order chi connectivity index (χ1) is 24.0. The Hall–Kier alpha value is -4.87. The number of hydrogen-bond acceptors (Lipinski definition) is 8. The molecule has 0 saturated carbocycles. The summed E-state index contributed by atoms with van der Waals surface area (Å²) >= 11 is 0. The van der Waals surface area contributed by atoms with Crippen LogP contribution in [0.1, 0.15) is 37.7 Å². The van der Waals surface area contributed by atoms with E-state index in [1.54, 1.807) is 4.90 Å². The lowest BCUT2D eigenvalue weighted by molar-refractivity contribution is 0.108. The van der Waals surface area contributed by atoms with Gasteiger partial charge in [0.25, 0.3) is 12.2 Å². The van der Waals surface area contributed by atoms with Gasteiger partial charge in [0, 0.05) is 54.5 Å². The zero-order valence-electron chi connectivity index (χ0n) is 26.5. The molecule has 4 fully saturated rings. The van der Waals surface area contributed by atoms with Gasteiger partial charge in [-0.2, -0.15) is 27.5 Å². The summed E-state index contributed by atoms with van der Waals surface area (Å²) in [6.07, 6.45) is 6.94. The molecule has 0 spiro atoms. The van der Waals surface area contributed by atoms with Crippen LogP contribution < -0.4 is 15.0 Å². The van der Waals surface area contributed by atoms with E-state index in [2.05, 4.69) is 26.2 Å². The number of anilines is 1. The highest BCUT2D eigenvalue weighted by Gasteiger charge is 2.49. The lowest BCUT2D eigenvalue weighted by Crippen LogP contribution is -2.59. The molecule has 4 aliphatic heterocycles. The molecule has 8 nitrogen and oxygen atoms in total. The number of nitrogens with one attached hydrogen (secondary N) is 1. The van der Waals surface area contributed by atoms with E-state index in [9.17, 15) is 27.1 Å². The van der Waals surface area contributed by atoms with E-state index in [0.717, 1.165) is 18.6 Å². The number of ether oxygens (including phenoxy) is 1. The van der Waals surface area contributed by atoms with Gasteiger partial charge in [0.15, 0.2) is 5.82 Å². The van der Waals surface area contributed by atoms with Crippen molar-refractivity contribution in [2.75, 3.05) is 37.7 Å². The third kappa shape index (κ3) is 5.30. The second kappa shape index (κ2) is 11.9. The summed E-state index contributed by atoms with van der Waals surface area (Å²) in [5.74, 6) is 0.620. The second-order valence-corrected chi connectivity index (χ2v) is 13.6. The van der Waals surface area contributed by atoms with Crippen molar-refractivity contribution in [3.8, 4) is 35.4 Å². The molecule has 8 rings (SSSR count). The lowest BCUT2D eigenvalue weighted by atomic mass is 9.94. The molecular formula is C36H30F6N6O2. The predicted molar refractivity (Wildman–Crippen MR) is 174 cm³/mol. The minimum Gasteiger partial charge on any atom is -0.508 e. The summed E-state index contributed by atoms with van der Waals surface area (Å²) in [5, 5.41) is 14.5. The van der Waals surface area contributed by atoms with Crippen molar-refractivity contribution in [3.63, 3.8) is 0 Å². The maximum Gasteiger partial charge on any atom is 0.319 e. The van der Waals surface area contributed by atoms with E-state index in [1.807, 2.05) is 4.90 Å². The average Bonchev–Trinajstić information content (AvgIpc) is 3.73. The fraction of sp³-hybridized carbons (Fsp3) is 0.361. The van der Waals surface area contributed by atoms with Crippen LogP contribution in [0, 0.1) is 24.0 Å². The SMILES string of the molecule is C#Cc1c(F)ccc2cc(O)cc(-c3ncc4c(N5C[C@H]6CCC(C=C(F)F)(C5)N6)nc(OC[C@]56CCCN5CC(=C(F)F)C6)nc4c3F)c12. The number of rotatable bonds is 6. The van der Waals surface area contributed by atoms with Crippen molar-refractivity contribution in [1.82, 2.24) is 25.2 Å². The Kier molecular flexibility index (Phi) is 7.68. The maximum absolute atomic E-state index is 16.9. The molecule has 0 aliphatic carbocycles. The number of piperazine rings is 1. The number of terminal acetylenes is 1. The number of halogens is 6. The zero-order valence-corrected chi connectivity index (χ0v) is 26.5. The highest BCUT2D eigenvalue weighted by atomic mass is 19.3. The van der Waals surface area contributed by atoms with Crippen LogP contribution in [0.3, 0.4) is 0 Å². The third-order valence-corrected chi connectivity index (χ3v) is 10.5. The second-order valence-electron chi connectivity index (χ2n) is 13.6. The highest BCUT2D eigenvalue weighted by molar-refractivity contribution is 6.03. The minimum absolute atomic E-state index is 0.0243. The van der Waals surface area contributed by atoms with Crippen LogP contribution in [0.25, 0.3) is 32.9 Å². The molecule has 4 saturated heterocycles. The topological polar surface area (TPSA) is 86.6 Å². The number of aromatic hydroxyl groups is 1. The molecule has 2 bridgehead atoms. The molecule has 50 heavy (non-hydrogen) atoms. The van der Waals surface area contributed by atoms with E-state index in [1.165, 1.54) is 24.4 Å². The van der Waals surface area contributed by atoms with Crippen molar-refractivity contribution in [1.29, 1.82) is 0 Å². The molecule has 0 radical (unpaired) electrons. The smallest absolute Gasteiger partial charge is 0.319 e. The van der Waals surface area contributed by atoms with E-state index in [4.69, 9.17) is 11.2 Å². The van der Waals surface area contributed by atoms with Crippen molar-refractivity contribution in [2.45, 2.75) is 49.2 Å². The molecule has 2 N–H and O–H groups in total. The number of phenols is 1. The van der Waals surface area contributed by atoms with Crippen molar-refractivity contribution < 1.29 is 36.2 Å². The Balaban J connectivity index is 1.28. The van der Waals surface area contributed by atoms with Gasteiger partial charge >= 0.3 is 6.01 Å². The number of nitrogens with zero attached hydrogens (tertiary/aromatic N) is 5. The Bertz CT molecular complexity index is 2180. The molecule has 2 aromatic heterocycles. The Morgan fingerprint density at radius 1 is 1.16 bits per heavy atom. The highest BCUT2D eigenvalue weighted by Crippen LogP contribution is 2.44. The first-order valence-corrected chi connectivity index (χ1v) is 16.2. The molecule has 1 unspecified atom stereocenters. The van der Waals surface area contributed by atoms with Gasteiger partial charge in [0.05, 0.1) is 22.0 Å². The molecule has 14 heteroatoms. The molecule has 4 aliphatic rings. The number of phenolic OH excluding ortho intramolecular Hbond substituents is 1. The van der Waals surface area contributed by atoms with Crippen LogP contribution in [0.5, 0.6) is 11.8 Å². The van der Waals surface area contributed by atoms with Crippen LogP contribution in [0.4, 0.5) is 32.2 Å². The van der Waals surface area contributed by atoms with E-state index in [-0.39, 0.29) is 88.4 Å². The molecule has 3 atom stereocenters. The third-order valence-electron chi connectivity index (χ3n) is 10.5. The molecule has 258 valence electrons. The number of aromatic nitrogens is 3. The fourth-order valence-electron chi connectivity index (χ4n) is 8.38. The first-order valence-electron chi connectivity index (χ1n) is 16.2. The van der Waals surface area contributed by atoms with Gasteiger partial charge in [0.1, 0.15) is 35.2 Å². The van der Waals surface area contributed by atoms with E-state index >= 15 is 4.39 Å². The van der Waals surface area contributed by atoms with Gasteiger partial charge < -0.3 is 20.1 Å². The van der Waals surface area contributed by atoms with Crippen LogP contribution in [0.2, 0.25) is 0 Å². The summed E-state index contributed by atoms with van der Waals surface area (Å²) in [5.41, 5.74) is -2.33. The molecule has 6 heterocycles. The van der Waals surface area contributed by atoms with Crippen LogP contribution in [-0.2, 0) is 0 Å². The van der Waals surface area contributed by atoms with Crippen molar-refractivity contribution in [3.05, 3.63) is 71.5 Å². The quantitative estimate of drug-likeness (QED) is 0.171. The predicted octanol–water partition coefficient (Wildman–Crippen LogP) is 6.67. The van der Waals surface area contributed by atoms with E-state index in [0.29, 0.717) is 37.7 Å². The van der Waals surface area contributed by atoms with Crippen molar-refractivity contribution in [2.24, 2.45) is 0 Å². The Morgan fingerprint density at radius 2 is 2.00 bits per heavy atom. The average molecular weight is 693 g/mol. The normalized spacial score (nSPS) is 24.5. The largest absolute Gasteiger partial charge is 0.508 e. The first kappa shape index (κ1) is 32.3. The summed E-state index contributed by atoms with van der Waals surface area (Å²) < 4.78 is 92.4. The maximum atomic E-state index is 16.9. The summed E-state index contributed by atoms with van der Waals surface area (Å²) in [6.45, 7) is 1.15. The number of benzene rings is 2. The summed E-state index contributed by atoms with van der Waals surface area (Å²) in [7, 11) is 0. The number of pyridine rings is 1. The standard InChI is InChI=1S/C36H30F6N6O2/c1-2-23-26(37)5-4-19-10-22(49)11-24(28(19)23)30-29(40)31-25(14-43-30)33(47-16-21-6-8-35(17-47,46-21)13-27(38)39)45-34(44-31)50-18-36-7-3-9-48(36)15-20(12-36)32(41)42/h1,4-5,10-11,13-14,21,46,49H,3,6-9,12,15-18H2/t21-,35?,36-/m1/s1. The molecular weight excluding hydrogens is 662 g/mol. The fourth-order valence-corrected chi connectivity index (χ4v) is 8.38. The van der Waals surface area contributed by atoms with Gasteiger partial charge in [-0.15, -0.1) is 6.42 Å². The zero-order chi connectivity index (χ0) is 34.9. The van der Waals surface area contributed by atoms with E-state index < -0.39 is 34.9 Å². The number of fused-ring (bicyclic) bond motifs is 5. The van der Waals surface area contributed by atoms with Gasteiger partial charge in [-0.3, -0.25) is 9.88 Å². The van der Waals surface area contributed by atoms with Gasteiger partial charge in [-0.1, -0.05) is 12.0 Å². The van der Waals surface area contributed by atoms with Gasteiger partial charge in [-0.05, 0) is 62.2 Å². The Labute approximate surface area is 282 Å². The lowest BCUT2D eigenvalue weighted by Gasteiger charge is -2.40. The van der Waals surface area contributed by atoms with Crippen LogP contribution >= 0.6 is 0 Å². The molecule has 4 aromatic rings. The van der Waals surface area contributed by atoms with Crippen LogP contribution in [-0.4, -0.2) is 74.9 Å². The molecule has 0 amide bonds. The Morgan fingerprint density at radius 3 is 2.78 bits per heavy atom.